The molecule has 2 bridgehead atoms. The molecule has 2 N–H and O–H groups in total. The van der Waals surface area contributed by atoms with E-state index in [4.69, 9.17) is 10.5 Å². The van der Waals surface area contributed by atoms with Crippen molar-refractivity contribution in [2.45, 2.75) is 57.8 Å². The van der Waals surface area contributed by atoms with Gasteiger partial charge in [0, 0.05) is 12.1 Å². The number of fused-ring (bicyclic) bond motifs is 1. The summed E-state index contributed by atoms with van der Waals surface area (Å²) >= 11 is 0. The van der Waals surface area contributed by atoms with E-state index in [1.165, 1.54) is 0 Å². The number of nitrogens with two attached hydrogens (primary N) is 1. The van der Waals surface area contributed by atoms with Crippen molar-refractivity contribution >= 4 is 6.09 Å². The van der Waals surface area contributed by atoms with Crippen molar-refractivity contribution in [3.8, 4) is 0 Å². The van der Waals surface area contributed by atoms with Gasteiger partial charge in [-0.05, 0) is 40.0 Å². The van der Waals surface area contributed by atoms with Crippen molar-refractivity contribution in [3.63, 3.8) is 0 Å². The van der Waals surface area contributed by atoms with Gasteiger partial charge in [-0.2, -0.15) is 0 Å². The van der Waals surface area contributed by atoms with Crippen LogP contribution in [0.15, 0.2) is 0 Å². The molecule has 1 saturated carbocycles. The molecule has 1 aliphatic carbocycles. The maximum absolute atomic E-state index is 11.9. The molecule has 2 aliphatic heterocycles. The minimum Gasteiger partial charge on any atom is -0.444 e. The zero-order valence-electron chi connectivity index (χ0n) is 9.86. The molecule has 0 aromatic rings. The normalized spacial score (nSPS) is 38.9. The Kier molecular flexibility index (Phi) is 2.23. The Morgan fingerprint density at radius 2 is 2.07 bits per heavy atom. The monoisotopic (exact) mass is 212 g/mol. The maximum Gasteiger partial charge on any atom is 0.410 e. The van der Waals surface area contributed by atoms with Crippen LogP contribution < -0.4 is 5.73 Å². The van der Waals surface area contributed by atoms with Crippen LogP contribution in [0.3, 0.4) is 0 Å². The lowest BCUT2D eigenvalue weighted by Gasteiger charge is -2.33. The average Bonchev–Trinajstić information content (AvgIpc) is 2.50. The van der Waals surface area contributed by atoms with Crippen LogP contribution in [0, 0.1) is 5.92 Å². The van der Waals surface area contributed by atoms with Gasteiger partial charge < -0.3 is 15.4 Å². The molecule has 86 valence electrons. The average molecular weight is 212 g/mol. The Bertz CT molecular complexity index is 283. The van der Waals surface area contributed by atoms with Gasteiger partial charge in [0.15, 0.2) is 0 Å². The summed E-state index contributed by atoms with van der Waals surface area (Å²) in [6, 6.07) is 0.604. The van der Waals surface area contributed by atoms with Gasteiger partial charge in [-0.1, -0.05) is 0 Å². The highest BCUT2D eigenvalue weighted by atomic mass is 16.6. The molecule has 1 amide bonds. The first-order valence-corrected chi connectivity index (χ1v) is 5.58. The summed E-state index contributed by atoms with van der Waals surface area (Å²) in [7, 11) is 0. The van der Waals surface area contributed by atoms with E-state index in [-0.39, 0.29) is 24.2 Å². The molecule has 3 aliphatic rings. The third-order valence-corrected chi connectivity index (χ3v) is 3.47. The quantitative estimate of drug-likeness (QED) is 0.659. The van der Waals surface area contributed by atoms with Gasteiger partial charge in [-0.3, -0.25) is 0 Å². The number of carbonyl (C=O) groups is 1. The molecule has 15 heavy (non-hydrogen) atoms. The third-order valence-electron chi connectivity index (χ3n) is 3.47. The highest BCUT2D eigenvalue weighted by molar-refractivity contribution is 5.70. The standard InChI is InChI=1S/C11H20N2O2/c1-6-7-5-8(9(7)12)13(6)10(14)15-11(2,3)4/h6-9H,5,12H2,1-4H3. The van der Waals surface area contributed by atoms with E-state index in [0.717, 1.165) is 6.42 Å². The van der Waals surface area contributed by atoms with Gasteiger partial charge in [0.25, 0.3) is 0 Å². The van der Waals surface area contributed by atoms with Crippen molar-refractivity contribution in [2.75, 3.05) is 0 Å². The van der Waals surface area contributed by atoms with Gasteiger partial charge in [0.2, 0.25) is 0 Å². The fraction of sp³-hybridized carbons (Fsp3) is 0.909. The number of amides is 1. The van der Waals surface area contributed by atoms with Gasteiger partial charge in [0.05, 0.1) is 6.04 Å². The van der Waals surface area contributed by atoms with Crippen LogP contribution in [0.2, 0.25) is 0 Å². The van der Waals surface area contributed by atoms with Crippen LogP contribution in [0.1, 0.15) is 34.1 Å². The van der Waals surface area contributed by atoms with Crippen LogP contribution >= 0.6 is 0 Å². The van der Waals surface area contributed by atoms with E-state index >= 15 is 0 Å². The van der Waals surface area contributed by atoms with Crippen LogP contribution in [-0.4, -0.2) is 34.7 Å². The lowest BCUT2D eigenvalue weighted by atomic mass is 9.78. The summed E-state index contributed by atoms with van der Waals surface area (Å²) in [5, 5.41) is 0. The second kappa shape index (κ2) is 3.11. The summed E-state index contributed by atoms with van der Waals surface area (Å²) in [5.41, 5.74) is 5.54. The molecular formula is C11H20N2O2. The first kappa shape index (κ1) is 10.7. The first-order valence-electron chi connectivity index (χ1n) is 5.58. The highest BCUT2D eigenvalue weighted by Gasteiger charge is 2.57. The van der Waals surface area contributed by atoms with Crippen molar-refractivity contribution in [2.24, 2.45) is 11.7 Å². The number of ether oxygens (including phenoxy) is 1. The molecule has 2 saturated heterocycles. The summed E-state index contributed by atoms with van der Waals surface area (Å²) in [6.07, 6.45) is 0.831. The predicted octanol–water partition coefficient (Wildman–Crippen LogP) is 1.34. The minimum atomic E-state index is -0.423. The van der Waals surface area contributed by atoms with Crippen molar-refractivity contribution in [1.29, 1.82) is 0 Å². The Balaban J connectivity index is 2.03. The van der Waals surface area contributed by atoms with Gasteiger partial charge >= 0.3 is 6.09 Å². The second-order valence-corrected chi connectivity index (χ2v) is 5.67. The smallest absolute Gasteiger partial charge is 0.410 e. The van der Waals surface area contributed by atoms with E-state index in [1.807, 2.05) is 25.7 Å². The molecule has 0 aromatic carbocycles. The molecular weight excluding hydrogens is 192 g/mol. The van der Waals surface area contributed by atoms with Crippen LogP contribution in [0.5, 0.6) is 0 Å². The molecule has 0 aromatic heterocycles. The Hall–Kier alpha value is -0.770. The van der Waals surface area contributed by atoms with E-state index in [0.29, 0.717) is 5.92 Å². The number of rotatable bonds is 0. The van der Waals surface area contributed by atoms with Gasteiger partial charge in [-0.15, -0.1) is 0 Å². The molecule has 4 unspecified atom stereocenters. The molecule has 0 spiro atoms. The van der Waals surface area contributed by atoms with Gasteiger partial charge in [0.1, 0.15) is 5.60 Å². The minimum absolute atomic E-state index is 0.160. The zero-order valence-corrected chi connectivity index (χ0v) is 9.86. The molecule has 4 nitrogen and oxygen atoms in total. The molecule has 4 atom stereocenters. The first-order chi connectivity index (χ1) is 6.81. The molecule has 4 heteroatoms. The van der Waals surface area contributed by atoms with E-state index in [1.54, 1.807) is 0 Å². The van der Waals surface area contributed by atoms with Crippen molar-refractivity contribution in [3.05, 3.63) is 0 Å². The van der Waals surface area contributed by atoms with E-state index in [2.05, 4.69) is 6.92 Å². The molecule has 0 radical (unpaired) electrons. The summed E-state index contributed by atoms with van der Waals surface area (Å²) in [4.78, 5) is 13.7. The van der Waals surface area contributed by atoms with Crippen LogP contribution in [0.4, 0.5) is 4.79 Å². The predicted molar refractivity (Wildman–Crippen MR) is 57.4 cm³/mol. The van der Waals surface area contributed by atoms with Gasteiger partial charge in [-0.25, -0.2) is 4.79 Å². The lowest BCUT2D eigenvalue weighted by Crippen LogP contribution is -2.51. The maximum atomic E-state index is 11.9. The number of nitrogens with zero attached hydrogens (tertiary/aromatic N) is 1. The summed E-state index contributed by atoms with van der Waals surface area (Å²) in [6.45, 7) is 7.71. The second-order valence-electron chi connectivity index (χ2n) is 5.67. The molecule has 3 fully saturated rings. The third kappa shape index (κ3) is 1.61. The van der Waals surface area contributed by atoms with Crippen molar-refractivity contribution < 1.29 is 9.53 Å². The summed E-state index contributed by atoms with van der Waals surface area (Å²) in [5.74, 6) is 0.475. The fourth-order valence-corrected chi connectivity index (χ4v) is 2.62. The zero-order chi connectivity index (χ0) is 11.4. The Morgan fingerprint density at radius 1 is 1.47 bits per heavy atom. The topological polar surface area (TPSA) is 55.6 Å². The number of carbonyl (C=O) groups excluding carboxylic acids is 1. The van der Waals surface area contributed by atoms with Crippen molar-refractivity contribution in [1.82, 2.24) is 4.90 Å². The lowest BCUT2D eigenvalue weighted by molar-refractivity contribution is 0.0191. The van der Waals surface area contributed by atoms with Crippen LogP contribution in [0.25, 0.3) is 0 Å². The summed E-state index contributed by atoms with van der Waals surface area (Å²) < 4.78 is 5.37. The number of hydrogen-bond acceptors (Lipinski definition) is 3. The van der Waals surface area contributed by atoms with E-state index in [9.17, 15) is 4.79 Å². The highest BCUT2D eigenvalue weighted by Crippen LogP contribution is 2.45. The van der Waals surface area contributed by atoms with Crippen LogP contribution in [-0.2, 0) is 4.74 Å². The Morgan fingerprint density at radius 3 is 2.40 bits per heavy atom. The largest absolute Gasteiger partial charge is 0.444 e. The van der Waals surface area contributed by atoms with E-state index < -0.39 is 5.60 Å². The molecule has 2 heterocycles. The fourth-order valence-electron chi connectivity index (χ4n) is 2.62. The Labute approximate surface area is 90.8 Å². The SMILES string of the molecule is CC1C2CC(C2N)N1C(=O)OC(C)(C)C. The number of hydrogen-bond donors (Lipinski definition) is 1. The molecule has 3 rings (SSSR count).